The summed E-state index contributed by atoms with van der Waals surface area (Å²) in [6.07, 6.45) is 2.88. The van der Waals surface area contributed by atoms with Crippen LogP contribution in [0.15, 0.2) is 23.3 Å². The fraction of sp³-hybridized carbons (Fsp3) is 0.538. The summed E-state index contributed by atoms with van der Waals surface area (Å²) in [7, 11) is 0. The summed E-state index contributed by atoms with van der Waals surface area (Å²) in [6, 6.07) is 4.14. The van der Waals surface area contributed by atoms with Gasteiger partial charge in [0.1, 0.15) is 0 Å². The first kappa shape index (κ1) is 12.4. The third kappa shape index (κ3) is 3.46. The first-order valence-electron chi connectivity index (χ1n) is 6.13. The Kier molecular flexibility index (Phi) is 4.42. The van der Waals surface area contributed by atoms with Gasteiger partial charge in [0, 0.05) is 18.5 Å². The molecule has 0 radical (unpaired) electrons. The number of rotatable bonds is 3. The lowest BCUT2D eigenvalue weighted by Crippen LogP contribution is -2.26. The number of aromatic nitrogens is 1. The Balaban J connectivity index is 1.93. The zero-order chi connectivity index (χ0) is 12.1. The van der Waals surface area contributed by atoms with Gasteiger partial charge in [-0.15, -0.1) is 0 Å². The molecule has 92 valence electrons. The van der Waals surface area contributed by atoms with Gasteiger partial charge in [-0.1, -0.05) is 31.7 Å². The molecule has 0 bridgehead atoms. The minimum absolute atomic E-state index is 0.701. The van der Waals surface area contributed by atoms with Crippen LogP contribution in [0.1, 0.15) is 25.1 Å². The monoisotopic (exact) mass is 249 g/mol. The number of pyridine rings is 1. The SMILES string of the molecule is CCc1cccnc1CNC1=NCC(C)CS1. The van der Waals surface area contributed by atoms with Crippen molar-refractivity contribution in [3.8, 4) is 0 Å². The quantitative estimate of drug-likeness (QED) is 0.894. The number of nitrogens with zero attached hydrogens (tertiary/aromatic N) is 2. The van der Waals surface area contributed by atoms with E-state index in [-0.39, 0.29) is 0 Å². The minimum atomic E-state index is 0.701. The van der Waals surface area contributed by atoms with Crippen molar-refractivity contribution in [2.45, 2.75) is 26.8 Å². The molecule has 1 aliphatic rings. The molecule has 0 aromatic carbocycles. The van der Waals surface area contributed by atoms with Crippen molar-refractivity contribution in [2.75, 3.05) is 12.3 Å². The predicted molar refractivity (Wildman–Crippen MR) is 74.4 cm³/mol. The predicted octanol–water partition coefficient (Wildman–Crippen LogP) is 2.47. The minimum Gasteiger partial charge on any atom is -0.359 e. The van der Waals surface area contributed by atoms with Crippen LogP contribution < -0.4 is 5.32 Å². The standard InChI is InChI=1S/C13H19N3S/c1-3-11-5-4-6-14-12(11)8-16-13-15-7-10(2)9-17-13/h4-6,10H,3,7-9H2,1-2H3,(H,15,16). The van der Waals surface area contributed by atoms with Crippen molar-refractivity contribution in [3.63, 3.8) is 0 Å². The van der Waals surface area contributed by atoms with Crippen LogP contribution in [0.2, 0.25) is 0 Å². The third-order valence-corrected chi connectivity index (χ3v) is 4.11. The second kappa shape index (κ2) is 6.05. The van der Waals surface area contributed by atoms with Crippen molar-refractivity contribution < 1.29 is 0 Å². The lowest BCUT2D eigenvalue weighted by Gasteiger charge is -2.18. The van der Waals surface area contributed by atoms with E-state index >= 15 is 0 Å². The van der Waals surface area contributed by atoms with Gasteiger partial charge < -0.3 is 5.32 Å². The number of aryl methyl sites for hydroxylation is 1. The Hall–Kier alpha value is -1.03. The van der Waals surface area contributed by atoms with Crippen molar-refractivity contribution in [1.29, 1.82) is 0 Å². The summed E-state index contributed by atoms with van der Waals surface area (Å²) < 4.78 is 0. The van der Waals surface area contributed by atoms with Crippen LogP contribution in [-0.2, 0) is 13.0 Å². The Morgan fingerprint density at radius 3 is 3.12 bits per heavy atom. The number of amidine groups is 1. The molecular weight excluding hydrogens is 230 g/mol. The van der Waals surface area contributed by atoms with Gasteiger partial charge in [0.15, 0.2) is 5.17 Å². The highest BCUT2D eigenvalue weighted by atomic mass is 32.2. The molecule has 3 nitrogen and oxygen atoms in total. The maximum Gasteiger partial charge on any atom is 0.156 e. The lowest BCUT2D eigenvalue weighted by molar-refractivity contribution is 0.668. The summed E-state index contributed by atoms with van der Waals surface area (Å²) in [5.74, 6) is 1.86. The normalized spacial score (nSPS) is 19.9. The molecule has 1 aliphatic heterocycles. The molecule has 0 aliphatic carbocycles. The molecule has 0 fully saturated rings. The smallest absolute Gasteiger partial charge is 0.156 e. The Labute approximate surface area is 107 Å². The molecular formula is C13H19N3S. The molecule has 1 aromatic heterocycles. The van der Waals surface area contributed by atoms with Gasteiger partial charge in [0.05, 0.1) is 12.2 Å². The highest BCUT2D eigenvalue weighted by Gasteiger charge is 2.12. The molecule has 1 N–H and O–H groups in total. The first-order valence-corrected chi connectivity index (χ1v) is 7.12. The van der Waals surface area contributed by atoms with E-state index in [9.17, 15) is 0 Å². The van der Waals surface area contributed by atoms with Crippen LogP contribution in [0.25, 0.3) is 0 Å². The fourth-order valence-electron chi connectivity index (χ4n) is 1.78. The van der Waals surface area contributed by atoms with Crippen LogP contribution >= 0.6 is 11.8 Å². The van der Waals surface area contributed by atoms with Crippen LogP contribution in [0.3, 0.4) is 0 Å². The molecule has 17 heavy (non-hydrogen) atoms. The van der Waals surface area contributed by atoms with Gasteiger partial charge in [0.25, 0.3) is 0 Å². The summed E-state index contributed by atoms with van der Waals surface area (Å²) >= 11 is 1.82. The molecule has 2 rings (SSSR count). The van der Waals surface area contributed by atoms with Gasteiger partial charge in [-0.05, 0) is 24.0 Å². The maximum atomic E-state index is 4.52. The van der Waals surface area contributed by atoms with E-state index in [1.165, 1.54) is 5.56 Å². The van der Waals surface area contributed by atoms with Gasteiger partial charge in [-0.3, -0.25) is 9.98 Å². The maximum absolute atomic E-state index is 4.52. The Morgan fingerprint density at radius 1 is 1.53 bits per heavy atom. The highest BCUT2D eigenvalue weighted by Crippen LogP contribution is 2.16. The molecule has 1 unspecified atom stereocenters. The van der Waals surface area contributed by atoms with Crippen LogP contribution in [-0.4, -0.2) is 22.4 Å². The molecule has 1 atom stereocenters. The zero-order valence-electron chi connectivity index (χ0n) is 10.4. The van der Waals surface area contributed by atoms with Gasteiger partial charge in [0.2, 0.25) is 0 Å². The first-order chi connectivity index (χ1) is 8.29. The van der Waals surface area contributed by atoms with Gasteiger partial charge in [-0.2, -0.15) is 0 Å². The highest BCUT2D eigenvalue weighted by molar-refractivity contribution is 8.13. The van der Waals surface area contributed by atoms with Crippen molar-refractivity contribution in [1.82, 2.24) is 10.3 Å². The third-order valence-electron chi connectivity index (χ3n) is 2.82. The molecule has 2 heterocycles. The fourth-order valence-corrected chi connectivity index (χ4v) is 2.66. The Bertz CT molecular complexity index is 403. The zero-order valence-corrected chi connectivity index (χ0v) is 11.3. The van der Waals surface area contributed by atoms with Gasteiger partial charge in [-0.25, -0.2) is 0 Å². The van der Waals surface area contributed by atoms with Crippen molar-refractivity contribution in [3.05, 3.63) is 29.6 Å². The van der Waals surface area contributed by atoms with Crippen molar-refractivity contribution >= 4 is 16.9 Å². The second-order valence-electron chi connectivity index (χ2n) is 4.38. The molecule has 1 aromatic rings. The molecule has 4 heteroatoms. The van der Waals surface area contributed by atoms with E-state index in [1.807, 2.05) is 24.0 Å². The largest absolute Gasteiger partial charge is 0.359 e. The van der Waals surface area contributed by atoms with E-state index in [4.69, 9.17) is 0 Å². The average Bonchev–Trinajstić information content (AvgIpc) is 2.38. The second-order valence-corrected chi connectivity index (χ2v) is 5.39. The Morgan fingerprint density at radius 2 is 2.41 bits per heavy atom. The number of thioether (sulfide) groups is 1. The summed E-state index contributed by atoms with van der Waals surface area (Å²) in [6.45, 7) is 6.12. The number of hydrogen-bond acceptors (Lipinski definition) is 4. The van der Waals surface area contributed by atoms with E-state index < -0.39 is 0 Å². The molecule has 0 spiro atoms. The van der Waals surface area contributed by atoms with E-state index in [1.54, 1.807) is 0 Å². The molecule has 0 saturated heterocycles. The topological polar surface area (TPSA) is 37.3 Å². The van der Waals surface area contributed by atoms with Crippen LogP contribution in [0, 0.1) is 5.92 Å². The molecule has 0 saturated carbocycles. The van der Waals surface area contributed by atoms with E-state index in [0.717, 1.165) is 36.1 Å². The van der Waals surface area contributed by atoms with Crippen molar-refractivity contribution in [2.24, 2.45) is 10.9 Å². The average molecular weight is 249 g/mol. The number of aliphatic imine (C=N–C) groups is 1. The summed E-state index contributed by atoms with van der Waals surface area (Å²) in [4.78, 5) is 8.94. The van der Waals surface area contributed by atoms with E-state index in [0.29, 0.717) is 5.92 Å². The van der Waals surface area contributed by atoms with Gasteiger partial charge >= 0.3 is 0 Å². The number of nitrogens with one attached hydrogen (secondary N) is 1. The lowest BCUT2D eigenvalue weighted by atomic mass is 10.1. The van der Waals surface area contributed by atoms with Crippen LogP contribution in [0.4, 0.5) is 0 Å². The molecule has 0 amide bonds. The summed E-state index contributed by atoms with van der Waals surface area (Å²) in [5, 5.41) is 4.45. The van der Waals surface area contributed by atoms with E-state index in [2.05, 4.69) is 35.2 Å². The van der Waals surface area contributed by atoms with Crippen LogP contribution in [0.5, 0.6) is 0 Å². The summed E-state index contributed by atoms with van der Waals surface area (Å²) in [5.41, 5.74) is 2.45. The number of hydrogen-bond donors (Lipinski definition) is 1.